The lowest BCUT2D eigenvalue weighted by atomic mass is 10.2. The number of rotatable bonds is 5. The summed E-state index contributed by atoms with van der Waals surface area (Å²) in [5, 5.41) is 42.0. The molecule has 2 aromatic rings. The molecule has 0 aromatic heterocycles. The van der Waals surface area contributed by atoms with Crippen molar-refractivity contribution in [2.45, 2.75) is 20.3 Å². The van der Waals surface area contributed by atoms with Crippen LogP contribution in [0.25, 0.3) is 0 Å². The van der Waals surface area contributed by atoms with E-state index in [0.717, 1.165) is 0 Å². The van der Waals surface area contributed by atoms with Gasteiger partial charge in [-0.1, -0.05) is 18.2 Å². The molecule has 0 aliphatic carbocycles. The predicted molar refractivity (Wildman–Crippen MR) is 111 cm³/mol. The van der Waals surface area contributed by atoms with E-state index in [-0.39, 0.29) is 0 Å². The molecule has 1 aliphatic rings. The molecular weight excluding hydrogens is 401 g/mol. The van der Waals surface area contributed by atoms with Crippen molar-refractivity contribution in [2.24, 2.45) is 0 Å². The van der Waals surface area contributed by atoms with E-state index in [4.69, 9.17) is 5.11 Å². The van der Waals surface area contributed by atoms with Gasteiger partial charge in [0.05, 0.1) is 50.7 Å². The zero-order chi connectivity index (χ0) is 21.8. The Kier molecular flexibility index (Phi) is 6.81. The fourth-order valence-corrected chi connectivity index (χ4v) is 7.36. The minimum atomic E-state index is -1.21. The van der Waals surface area contributed by atoms with Crippen LogP contribution in [0.15, 0.2) is 36.4 Å². The topological polar surface area (TPSA) is 150 Å². The average molecular weight is 422 g/mol. The van der Waals surface area contributed by atoms with E-state index in [2.05, 4.69) is 38.1 Å². The number of phenols is 1. The molecule has 0 spiro atoms. The maximum atomic E-state index is 10.4. The molecule has 0 amide bonds. The summed E-state index contributed by atoms with van der Waals surface area (Å²) in [7, 11) is -0.699. The van der Waals surface area contributed by atoms with Gasteiger partial charge in [0.1, 0.15) is 0 Å². The molecule has 0 bridgehead atoms. The van der Waals surface area contributed by atoms with Gasteiger partial charge in [0, 0.05) is 13.7 Å². The van der Waals surface area contributed by atoms with Crippen molar-refractivity contribution in [2.75, 3.05) is 18.5 Å². The Bertz CT molecular complexity index is 925. The maximum Gasteiger partial charge on any atom is 0.324 e. The van der Waals surface area contributed by atoms with Gasteiger partial charge in [0.25, 0.3) is 11.4 Å². The molecule has 1 heterocycles. The lowest BCUT2D eigenvalue weighted by Crippen LogP contribution is -2.13. The first-order chi connectivity index (χ1) is 13.7. The van der Waals surface area contributed by atoms with E-state index in [1.807, 2.05) is 0 Å². The number of aromatic hydroxyl groups is 1. The van der Waals surface area contributed by atoms with E-state index in [1.54, 1.807) is 10.9 Å². The minimum absolute atomic E-state index is 0.447. The number of hydrogen-bond acceptors (Lipinski definition) is 7. The maximum absolute atomic E-state index is 10.4. The Morgan fingerprint density at radius 1 is 0.931 bits per heavy atom. The summed E-state index contributed by atoms with van der Waals surface area (Å²) in [4.78, 5) is 27.8. The third-order valence-electron chi connectivity index (χ3n) is 5.18. The van der Waals surface area contributed by atoms with Crippen LogP contribution >= 0.6 is 7.26 Å². The Morgan fingerprint density at radius 2 is 1.45 bits per heavy atom. The second kappa shape index (κ2) is 8.91. The van der Waals surface area contributed by atoms with Gasteiger partial charge in [-0.15, -0.1) is 0 Å². The summed E-state index contributed by atoms with van der Waals surface area (Å²) in [6.45, 7) is 4.75. The van der Waals surface area contributed by atoms with Gasteiger partial charge in [-0.05, 0) is 25.5 Å². The molecule has 0 atom stereocenters. The molecule has 1 aliphatic heterocycles. The first kappa shape index (κ1) is 22.2. The molecular formula is C18H21N3O7P+. The highest BCUT2D eigenvalue weighted by atomic mass is 31.2. The quantitative estimate of drug-likeness (QED) is 0.434. The zero-order valence-corrected chi connectivity index (χ0v) is 16.9. The summed E-state index contributed by atoms with van der Waals surface area (Å²) >= 11 is 0. The number of phenolic OH excluding ortho intramolecular Hbond substituents is 1. The van der Waals surface area contributed by atoms with Crippen LogP contribution in [-0.4, -0.2) is 38.4 Å². The Balaban J connectivity index is 0.000000211. The van der Waals surface area contributed by atoms with Crippen molar-refractivity contribution >= 4 is 29.6 Å². The minimum Gasteiger partial charge on any atom is -0.497 e. The fraction of sp³-hybridized carbons (Fsp3) is 0.333. The summed E-state index contributed by atoms with van der Waals surface area (Å²) < 4.78 is 0. The van der Waals surface area contributed by atoms with Crippen LogP contribution in [-0.2, 0) is 6.42 Å². The van der Waals surface area contributed by atoms with Gasteiger partial charge in [0.15, 0.2) is 0 Å². The van der Waals surface area contributed by atoms with E-state index < -0.39 is 44.8 Å². The Labute approximate surface area is 167 Å². The largest absolute Gasteiger partial charge is 0.497 e. The molecule has 0 unspecified atom stereocenters. The predicted octanol–water partition coefficient (Wildman–Crippen LogP) is 4.04. The van der Waals surface area contributed by atoms with Crippen LogP contribution in [0.3, 0.4) is 0 Å². The van der Waals surface area contributed by atoms with Crippen LogP contribution < -0.4 is 5.30 Å². The number of nitro groups is 3. The van der Waals surface area contributed by atoms with Crippen molar-refractivity contribution in [1.29, 1.82) is 0 Å². The van der Waals surface area contributed by atoms with Crippen LogP contribution in [0.1, 0.15) is 19.4 Å². The number of non-ortho nitro benzene ring substituents is 1. The van der Waals surface area contributed by atoms with Crippen LogP contribution in [0, 0.1) is 30.3 Å². The highest BCUT2D eigenvalue weighted by Crippen LogP contribution is 2.60. The number of nitro benzene ring substituents is 3. The molecule has 0 radical (unpaired) electrons. The van der Waals surface area contributed by atoms with Gasteiger partial charge >= 0.3 is 11.4 Å². The molecule has 1 N–H and O–H groups in total. The molecule has 0 saturated carbocycles. The molecule has 29 heavy (non-hydrogen) atoms. The van der Waals surface area contributed by atoms with Gasteiger partial charge in [-0.2, -0.15) is 0 Å². The SMILES string of the molecule is CC[P+]1(CC)CCc2ccccc21.O=[N+]([O-])c1cc([N+](=O)[O-])c(O)c([N+](=O)[O-])c1. The fourth-order valence-electron chi connectivity index (χ4n) is 3.49. The lowest BCUT2D eigenvalue weighted by Gasteiger charge is -2.19. The second-order valence-electron chi connectivity index (χ2n) is 6.48. The normalized spacial score (nSPS) is 13.7. The van der Waals surface area contributed by atoms with Crippen molar-refractivity contribution in [1.82, 2.24) is 0 Å². The van der Waals surface area contributed by atoms with E-state index in [9.17, 15) is 30.3 Å². The van der Waals surface area contributed by atoms with Gasteiger partial charge in [-0.3, -0.25) is 30.3 Å². The molecule has 0 fully saturated rings. The summed E-state index contributed by atoms with van der Waals surface area (Å²) in [6, 6.07) is 9.99. The third kappa shape index (κ3) is 4.48. The molecule has 2 aromatic carbocycles. The first-order valence-corrected chi connectivity index (χ1v) is 11.3. The van der Waals surface area contributed by atoms with Crippen LogP contribution in [0.5, 0.6) is 5.75 Å². The average Bonchev–Trinajstić information content (AvgIpc) is 3.07. The highest BCUT2D eigenvalue weighted by Gasteiger charge is 2.42. The van der Waals surface area contributed by atoms with E-state index in [0.29, 0.717) is 12.1 Å². The monoisotopic (exact) mass is 422 g/mol. The van der Waals surface area contributed by atoms with Crippen LogP contribution in [0.4, 0.5) is 17.1 Å². The number of fused-ring (bicyclic) bond motifs is 1. The molecule has 0 saturated heterocycles. The van der Waals surface area contributed by atoms with Crippen LogP contribution in [0.2, 0.25) is 0 Å². The van der Waals surface area contributed by atoms with Crippen molar-refractivity contribution in [3.8, 4) is 5.75 Å². The second-order valence-corrected chi connectivity index (χ2v) is 11.0. The molecule has 10 nitrogen and oxygen atoms in total. The standard InChI is InChI=1S/C12H18P.C6H3N3O7/c1-3-13(4-2)10-9-11-7-5-6-8-12(11)13;10-6-4(8(13)14)1-3(7(11)12)2-5(6)9(15)16/h5-8H,3-4,9-10H2,1-2H3;1-2,10H/q+1;. The lowest BCUT2D eigenvalue weighted by molar-refractivity contribution is -0.404. The summed E-state index contributed by atoms with van der Waals surface area (Å²) in [5.74, 6) is -1.21. The number of aryl methyl sites for hydroxylation is 1. The molecule has 154 valence electrons. The van der Waals surface area contributed by atoms with Crippen molar-refractivity contribution < 1.29 is 19.9 Å². The van der Waals surface area contributed by atoms with Crippen molar-refractivity contribution in [3.05, 3.63) is 72.3 Å². The Hall–Kier alpha value is -3.13. The summed E-state index contributed by atoms with van der Waals surface area (Å²) in [5.41, 5.74) is -1.36. The zero-order valence-electron chi connectivity index (χ0n) is 16.0. The smallest absolute Gasteiger partial charge is 0.324 e. The number of benzene rings is 2. The highest BCUT2D eigenvalue weighted by molar-refractivity contribution is 7.83. The Morgan fingerprint density at radius 3 is 1.90 bits per heavy atom. The number of hydrogen-bond donors (Lipinski definition) is 1. The van der Waals surface area contributed by atoms with E-state index in [1.165, 1.54) is 24.9 Å². The van der Waals surface area contributed by atoms with Gasteiger partial charge in [0.2, 0.25) is 0 Å². The summed E-state index contributed by atoms with van der Waals surface area (Å²) in [6.07, 6.45) is 5.62. The molecule has 3 rings (SSSR count). The van der Waals surface area contributed by atoms with Gasteiger partial charge < -0.3 is 5.11 Å². The third-order valence-corrected chi connectivity index (χ3v) is 10.1. The van der Waals surface area contributed by atoms with Crippen molar-refractivity contribution in [3.63, 3.8) is 0 Å². The van der Waals surface area contributed by atoms with Gasteiger partial charge in [-0.25, -0.2) is 0 Å². The first-order valence-electron chi connectivity index (χ1n) is 8.91. The number of nitrogens with zero attached hydrogens (tertiary/aromatic N) is 3. The molecule has 11 heteroatoms. The van der Waals surface area contributed by atoms with E-state index >= 15 is 0 Å².